The Labute approximate surface area is 187 Å². The van der Waals surface area contributed by atoms with Crippen molar-refractivity contribution in [2.24, 2.45) is 0 Å². The van der Waals surface area contributed by atoms with E-state index in [2.05, 4.69) is 15.3 Å². The van der Waals surface area contributed by atoms with Crippen molar-refractivity contribution < 1.29 is 14.6 Å². The number of aryl methyl sites for hydroxylation is 1. The van der Waals surface area contributed by atoms with Gasteiger partial charge >= 0.3 is 17.7 Å². The van der Waals surface area contributed by atoms with Gasteiger partial charge in [0, 0.05) is 28.7 Å². The number of aromatic nitrogens is 2. The van der Waals surface area contributed by atoms with Crippen LogP contribution in [0.3, 0.4) is 0 Å². The van der Waals surface area contributed by atoms with Gasteiger partial charge in [-0.1, -0.05) is 37.2 Å². The van der Waals surface area contributed by atoms with Crippen molar-refractivity contribution in [3.8, 4) is 0 Å². The Balaban J connectivity index is 2.34. The Bertz CT molecular complexity index is 1000. The number of halogens is 1. The standard InChI is InChI=1S/C18H21ClN6O5S/c1-4-6-23(7-5-2)18(26)20-12-8-11(3)9-13(10-12)31-17-16(25(29)30)22-15(24(27)28)14(19)21-17/h8-10H,4-7H2,1-3H3,(H,20,26). The van der Waals surface area contributed by atoms with E-state index in [4.69, 9.17) is 11.6 Å². The summed E-state index contributed by atoms with van der Waals surface area (Å²) in [5.74, 6) is -1.66. The van der Waals surface area contributed by atoms with E-state index in [0.29, 0.717) is 23.7 Å². The molecule has 1 N–H and O–H groups in total. The molecule has 1 aromatic heterocycles. The van der Waals surface area contributed by atoms with E-state index < -0.39 is 26.6 Å². The molecule has 0 aliphatic heterocycles. The number of hydrogen-bond acceptors (Lipinski definition) is 8. The minimum Gasteiger partial charge on any atom is -0.358 e. The minimum atomic E-state index is -0.935. The molecule has 0 fully saturated rings. The van der Waals surface area contributed by atoms with Crippen LogP contribution in [0.25, 0.3) is 0 Å². The fourth-order valence-corrected chi connectivity index (χ4v) is 3.98. The van der Waals surface area contributed by atoms with E-state index in [1.165, 1.54) is 0 Å². The summed E-state index contributed by atoms with van der Waals surface area (Å²) >= 11 is 6.65. The molecule has 1 heterocycles. The lowest BCUT2D eigenvalue weighted by atomic mass is 10.2. The summed E-state index contributed by atoms with van der Waals surface area (Å²) in [6.07, 6.45) is 1.65. The molecular formula is C18H21ClN6O5S. The molecule has 0 spiro atoms. The van der Waals surface area contributed by atoms with Gasteiger partial charge < -0.3 is 30.4 Å². The van der Waals surface area contributed by atoms with Crippen LogP contribution >= 0.6 is 23.4 Å². The molecule has 0 saturated carbocycles. The first-order valence-electron chi connectivity index (χ1n) is 9.38. The van der Waals surface area contributed by atoms with Crippen LogP contribution in [0.1, 0.15) is 32.3 Å². The lowest BCUT2D eigenvalue weighted by Gasteiger charge is -2.22. The molecule has 1 aromatic carbocycles. The molecule has 31 heavy (non-hydrogen) atoms. The summed E-state index contributed by atoms with van der Waals surface area (Å²) in [7, 11) is 0. The number of rotatable bonds is 9. The highest BCUT2D eigenvalue weighted by Crippen LogP contribution is 2.37. The molecule has 2 aromatic rings. The van der Waals surface area contributed by atoms with Gasteiger partial charge in [0.15, 0.2) is 0 Å². The molecule has 166 valence electrons. The summed E-state index contributed by atoms with van der Waals surface area (Å²) in [5.41, 5.74) is 1.30. The van der Waals surface area contributed by atoms with Gasteiger partial charge in [-0.05, 0) is 53.4 Å². The van der Waals surface area contributed by atoms with E-state index in [1.807, 2.05) is 13.8 Å². The molecule has 2 rings (SSSR count). The summed E-state index contributed by atoms with van der Waals surface area (Å²) in [6, 6.07) is 4.89. The molecule has 0 aliphatic carbocycles. The highest BCUT2D eigenvalue weighted by atomic mass is 35.5. The number of carbonyl (C=O) groups excluding carboxylic acids is 1. The number of benzene rings is 1. The summed E-state index contributed by atoms with van der Waals surface area (Å²) in [4.78, 5) is 42.5. The first kappa shape index (κ1) is 24.3. The molecule has 13 heteroatoms. The third kappa shape index (κ3) is 6.49. The molecule has 0 bridgehead atoms. The summed E-state index contributed by atoms with van der Waals surface area (Å²) in [5, 5.41) is 24.4. The molecule has 0 saturated heterocycles. The van der Waals surface area contributed by atoms with E-state index in [1.54, 1.807) is 30.0 Å². The fourth-order valence-electron chi connectivity index (χ4n) is 2.73. The maximum Gasteiger partial charge on any atom is 0.406 e. The average Bonchev–Trinajstić information content (AvgIpc) is 2.66. The molecule has 11 nitrogen and oxygen atoms in total. The van der Waals surface area contributed by atoms with Crippen LogP contribution in [0.4, 0.5) is 22.1 Å². The normalized spacial score (nSPS) is 10.6. The van der Waals surface area contributed by atoms with E-state index >= 15 is 0 Å². The Morgan fingerprint density at radius 2 is 1.71 bits per heavy atom. The van der Waals surface area contributed by atoms with Crippen molar-refractivity contribution >= 4 is 46.7 Å². The first-order chi connectivity index (χ1) is 14.7. The average molecular weight is 469 g/mol. The molecule has 0 aliphatic rings. The number of nitro groups is 2. The number of anilines is 1. The Kier molecular flexibility index (Phi) is 8.51. The van der Waals surface area contributed by atoms with Gasteiger partial charge in [-0.2, -0.15) is 0 Å². The van der Waals surface area contributed by atoms with Gasteiger partial charge in [-0.15, -0.1) is 0 Å². The van der Waals surface area contributed by atoms with Crippen LogP contribution in [0.15, 0.2) is 28.1 Å². The molecule has 0 unspecified atom stereocenters. The smallest absolute Gasteiger partial charge is 0.358 e. The maximum atomic E-state index is 12.6. The van der Waals surface area contributed by atoms with Gasteiger partial charge in [-0.25, -0.2) is 9.78 Å². The fraction of sp³-hybridized carbons (Fsp3) is 0.389. The van der Waals surface area contributed by atoms with Crippen molar-refractivity contribution in [3.05, 3.63) is 49.1 Å². The first-order valence-corrected chi connectivity index (χ1v) is 10.6. The van der Waals surface area contributed by atoms with Crippen molar-refractivity contribution in [1.82, 2.24) is 14.9 Å². The SMILES string of the molecule is CCCN(CCC)C(=O)Nc1cc(C)cc(Sc2nc(Cl)c([N+](=O)[O-])nc2[N+](=O)[O-])c1. The van der Waals surface area contributed by atoms with Crippen LogP contribution in [-0.4, -0.2) is 43.8 Å². The van der Waals surface area contributed by atoms with Crippen LogP contribution in [0, 0.1) is 27.2 Å². The van der Waals surface area contributed by atoms with E-state index in [-0.39, 0.29) is 11.1 Å². The molecule has 2 amide bonds. The van der Waals surface area contributed by atoms with Gasteiger partial charge in [-0.3, -0.25) is 0 Å². The molecule has 0 atom stereocenters. The number of urea groups is 1. The van der Waals surface area contributed by atoms with Gasteiger partial charge in [0.25, 0.3) is 0 Å². The largest absolute Gasteiger partial charge is 0.406 e. The number of amides is 2. The zero-order chi connectivity index (χ0) is 23.1. The summed E-state index contributed by atoms with van der Waals surface area (Å²) in [6.45, 7) is 7.02. The second kappa shape index (κ2) is 10.9. The quantitative estimate of drug-likeness (QED) is 0.397. The van der Waals surface area contributed by atoms with Crippen molar-refractivity contribution in [1.29, 1.82) is 0 Å². The highest BCUT2D eigenvalue weighted by molar-refractivity contribution is 7.99. The van der Waals surface area contributed by atoms with E-state index in [9.17, 15) is 25.0 Å². The van der Waals surface area contributed by atoms with Gasteiger partial charge in [0.2, 0.25) is 10.2 Å². The zero-order valence-corrected chi connectivity index (χ0v) is 18.7. The molecule has 0 radical (unpaired) electrons. The van der Waals surface area contributed by atoms with Gasteiger partial charge in [0.1, 0.15) is 0 Å². The topological polar surface area (TPSA) is 144 Å². The monoisotopic (exact) mass is 468 g/mol. The minimum absolute atomic E-state index is 0.193. The summed E-state index contributed by atoms with van der Waals surface area (Å²) < 4.78 is 0. The lowest BCUT2D eigenvalue weighted by molar-refractivity contribution is -0.405. The Hall–Kier alpha value is -2.99. The Morgan fingerprint density at radius 3 is 2.26 bits per heavy atom. The highest BCUT2D eigenvalue weighted by Gasteiger charge is 2.27. The third-order valence-electron chi connectivity index (χ3n) is 3.92. The molecular weight excluding hydrogens is 448 g/mol. The predicted octanol–water partition coefficient (Wildman–Crippen LogP) is 5.06. The predicted molar refractivity (Wildman–Crippen MR) is 117 cm³/mol. The third-order valence-corrected chi connectivity index (χ3v) is 5.12. The van der Waals surface area contributed by atoms with E-state index in [0.717, 1.165) is 30.2 Å². The number of hydrogen-bond donors (Lipinski definition) is 1. The number of carbonyl (C=O) groups is 1. The van der Waals surface area contributed by atoms with Crippen molar-refractivity contribution in [3.63, 3.8) is 0 Å². The number of nitrogens with zero attached hydrogens (tertiary/aromatic N) is 5. The number of nitrogens with one attached hydrogen (secondary N) is 1. The zero-order valence-electron chi connectivity index (χ0n) is 17.1. The van der Waals surface area contributed by atoms with Crippen molar-refractivity contribution in [2.45, 2.75) is 43.5 Å². The second-order valence-corrected chi connectivity index (χ2v) is 7.96. The Morgan fingerprint density at radius 1 is 1.10 bits per heavy atom. The van der Waals surface area contributed by atoms with Crippen LogP contribution in [0.2, 0.25) is 5.15 Å². The van der Waals surface area contributed by atoms with Gasteiger partial charge in [0.05, 0.1) is 0 Å². The van der Waals surface area contributed by atoms with Crippen LogP contribution in [-0.2, 0) is 0 Å². The lowest BCUT2D eigenvalue weighted by Crippen LogP contribution is -2.36. The maximum absolute atomic E-state index is 12.6. The van der Waals surface area contributed by atoms with Crippen LogP contribution in [0.5, 0.6) is 0 Å². The van der Waals surface area contributed by atoms with Crippen LogP contribution < -0.4 is 5.32 Å². The van der Waals surface area contributed by atoms with Crippen molar-refractivity contribution in [2.75, 3.05) is 18.4 Å². The second-order valence-electron chi connectivity index (χ2n) is 6.54.